The number of rotatable bonds is 7. The second-order valence-electron chi connectivity index (χ2n) is 3.85. The van der Waals surface area contributed by atoms with Crippen LogP contribution >= 0.6 is 23.1 Å². The molecule has 0 aliphatic heterocycles. The third-order valence-electron chi connectivity index (χ3n) is 2.31. The summed E-state index contributed by atoms with van der Waals surface area (Å²) in [5.41, 5.74) is 0.485. The number of carbonyl (C=O) groups is 2. The summed E-state index contributed by atoms with van der Waals surface area (Å²) in [5, 5.41) is 8.66. The lowest BCUT2D eigenvalue weighted by molar-refractivity contribution is -0.142. The van der Waals surface area contributed by atoms with Crippen LogP contribution in [-0.4, -0.2) is 33.9 Å². The fourth-order valence-corrected chi connectivity index (χ4v) is 3.84. The van der Waals surface area contributed by atoms with Gasteiger partial charge in [-0.05, 0) is 20.3 Å². The van der Waals surface area contributed by atoms with Gasteiger partial charge in [0.1, 0.15) is 10.1 Å². The van der Waals surface area contributed by atoms with E-state index in [-0.39, 0.29) is 16.1 Å². The molecule has 0 saturated carbocycles. The van der Waals surface area contributed by atoms with Gasteiger partial charge in [-0.3, -0.25) is 4.79 Å². The lowest BCUT2D eigenvalue weighted by Gasteiger charge is -2.12. The van der Waals surface area contributed by atoms with Crippen LogP contribution in [0.4, 0.5) is 0 Å². The lowest BCUT2D eigenvalue weighted by atomic mass is 10.2. The van der Waals surface area contributed by atoms with Gasteiger partial charge in [-0.15, -0.1) is 11.3 Å². The van der Waals surface area contributed by atoms with Crippen LogP contribution in [-0.2, 0) is 9.53 Å². The predicted molar refractivity (Wildman–Crippen MR) is 75.0 cm³/mol. The Morgan fingerprint density at radius 1 is 1.47 bits per heavy atom. The zero-order valence-electron chi connectivity index (χ0n) is 11.1. The number of ether oxygens (including phenoxy) is 1. The molecule has 106 valence electrons. The molecule has 0 radical (unpaired) electrons. The molecule has 0 spiro atoms. The normalized spacial score (nSPS) is 12.2. The number of nitrogens with zero attached hydrogens (tertiary/aromatic N) is 1. The maximum atomic E-state index is 11.8. The van der Waals surface area contributed by atoms with E-state index in [4.69, 9.17) is 9.84 Å². The molecule has 1 unspecified atom stereocenters. The fraction of sp³-hybridized carbons (Fsp3) is 0.583. The van der Waals surface area contributed by atoms with Crippen molar-refractivity contribution in [2.24, 2.45) is 0 Å². The van der Waals surface area contributed by atoms with Crippen LogP contribution in [0.3, 0.4) is 0 Å². The largest absolute Gasteiger partial charge is 0.477 e. The van der Waals surface area contributed by atoms with E-state index in [9.17, 15) is 9.59 Å². The highest BCUT2D eigenvalue weighted by molar-refractivity contribution is 8.02. The van der Waals surface area contributed by atoms with E-state index in [1.54, 1.807) is 13.8 Å². The first kappa shape index (κ1) is 16.0. The van der Waals surface area contributed by atoms with Gasteiger partial charge in [0.2, 0.25) is 0 Å². The average molecular weight is 303 g/mol. The molecule has 0 amide bonds. The molecule has 1 rings (SSSR count). The van der Waals surface area contributed by atoms with Crippen LogP contribution in [0, 0.1) is 6.92 Å². The number of hydrogen-bond donors (Lipinski definition) is 1. The highest BCUT2D eigenvalue weighted by Crippen LogP contribution is 2.32. The van der Waals surface area contributed by atoms with Crippen molar-refractivity contribution in [1.29, 1.82) is 0 Å². The van der Waals surface area contributed by atoms with E-state index in [0.29, 0.717) is 23.1 Å². The molecular weight excluding hydrogens is 286 g/mol. The molecule has 0 aliphatic rings. The Morgan fingerprint density at radius 3 is 2.63 bits per heavy atom. The van der Waals surface area contributed by atoms with Crippen LogP contribution in [0.25, 0.3) is 0 Å². The summed E-state index contributed by atoms with van der Waals surface area (Å²) >= 11 is 2.39. The number of thioether (sulfide) groups is 1. The van der Waals surface area contributed by atoms with Crippen LogP contribution < -0.4 is 0 Å². The summed E-state index contributed by atoms with van der Waals surface area (Å²) in [6.45, 7) is 5.75. The zero-order chi connectivity index (χ0) is 14.4. The Hall–Kier alpha value is -1.08. The SMILES string of the molecule is CCCC(Sc1nc(C)c(C(=O)O)s1)C(=O)OCC. The first-order valence-corrected chi connectivity index (χ1v) is 7.73. The number of thiazole rings is 1. The number of aromatic carboxylic acids is 1. The van der Waals surface area contributed by atoms with Crippen LogP contribution in [0.1, 0.15) is 42.1 Å². The molecule has 0 bridgehead atoms. The molecule has 19 heavy (non-hydrogen) atoms. The third kappa shape index (κ3) is 4.50. The molecule has 0 aliphatic carbocycles. The van der Waals surface area contributed by atoms with Gasteiger partial charge in [0, 0.05) is 0 Å². The number of carboxylic acids is 1. The van der Waals surface area contributed by atoms with Crippen molar-refractivity contribution in [3.8, 4) is 0 Å². The summed E-state index contributed by atoms with van der Waals surface area (Å²) < 4.78 is 5.61. The molecule has 0 aromatic carbocycles. The molecule has 1 aromatic rings. The minimum atomic E-state index is -0.981. The van der Waals surface area contributed by atoms with Crippen molar-refractivity contribution in [1.82, 2.24) is 4.98 Å². The van der Waals surface area contributed by atoms with E-state index in [2.05, 4.69) is 4.98 Å². The molecular formula is C12H17NO4S2. The smallest absolute Gasteiger partial charge is 0.347 e. The van der Waals surface area contributed by atoms with Crippen molar-refractivity contribution in [2.75, 3.05) is 6.61 Å². The van der Waals surface area contributed by atoms with E-state index >= 15 is 0 Å². The van der Waals surface area contributed by atoms with Crippen molar-refractivity contribution in [3.63, 3.8) is 0 Å². The highest BCUT2D eigenvalue weighted by Gasteiger charge is 2.23. The standard InChI is InChI=1S/C12H17NO4S2/c1-4-6-8(11(16)17-5-2)18-12-13-7(3)9(19-12)10(14)15/h8H,4-6H2,1-3H3,(H,14,15). The molecule has 1 aromatic heterocycles. The molecule has 5 nitrogen and oxygen atoms in total. The van der Waals surface area contributed by atoms with Gasteiger partial charge in [-0.2, -0.15) is 0 Å². The Morgan fingerprint density at radius 2 is 2.16 bits per heavy atom. The lowest BCUT2D eigenvalue weighted by Crippen LogP contribution is -2.20. The Labute approximate surface area is 120 Å². The van der Waals surface area contributed by atoms with E-state index in [0.717, 1.165) is 17.8 Å². The number of carboxylic acid groups (broad SMARTS) is 1. The van der Waals surface area contributed by atoms with Gasteiger partial charge in [0.25, 0.3) is 0 Å². The first-order valence-electron chi connectivity index (χ1n) is 6.03. The Balaban J connectivity index is 2.81. The van der Waals surface area contributed by atoms with Gasteiger partial charge in [0.15, 0.2) is 4.34 Å². The van der Waals surface area contributed by atoms with Crippen molar-refractivity contribution in [3.05, 3.63) is 10.6 Å². The van der Waals surface area contributed by atoms with Gasteiger partial charge in [-0.1, -0.05) is 25.1 Å². The molecule has 0 fully saturated rings. The first-order chi connectivity index (χ1) is 8.99. The van der Waals surface area contributed by atoms with E-state index in [1.165, 1.54) is 11.8 Å². The van der Waals surface area contributed by atoms with E-state index in [1.807, 2.05) is 6.92 Å². The summed E-state index contributed by atoms with van der Waals surface area (Å²) in [5.74, 6) is -1.25. The maximum absolute atomic E-state index is 11.8. The fourth-order valence-electron chi connectivity index (χ4n) is 1.46. The third-order valence-corrected chi connectivity index (χ3v) is 4.80. The zero-order valence-corrected chi connectivity index (χ0v) is 12.8. The van der Waals surface area contributed by atoms with Gasteiger partial charge in [-0.25, -0.2) is 9.78 Å². The number of hydrogen-bond acceptors (Lipinski definition) is 6. The Kier molecular flexibility index (Phi) is 6.30. The minimum Gasteiger partial charge on any atom is -0.477 e. The average Bonchev–Trinajstić information content (AvgIpc) is 2.70. The monoisotopic (exact) mass is 303 g/mol. The van der Waals surface area contributed by atoms with E-state index < -0.39 is 5.97 Å². The quantitative estimate of drug-likeness (QED) is 0.616. The summed E-state index contributed by atoms with van der Waals surface area (Å²) in [6.07, 6.45) is 1.54. The number of aromatic nitrogens is 1. The molecule has 1 heterocycles. The number of esters is 1. The number of carbonyl (C=O) groups excluding carboxylic acids is 1. The van der Waals surface area contributed by atoms with Crippen LogP contribution in [0.15, 0.2) is 4.34 Å². The molecule has 0 saturated heterocycles. The van der Waals surface area contributed by atoms with Crippen LogP contribution in [0.5, 0.6) is 0 Å². The Bertz CT molecular complexity index is 459. The molecule has 7 heteroatoms. The maximum Gasteiger partial charge on any atom is 0.347 e. The second kappa shape index (κ2) is 7.49. The van der Waals surface area contributed by atoms with Crippen LogP contribution in [0.2, 0.25) is 0 Å². The topological polar surface area (TPSA) is 76.5 Å². The summed E-state index contributed by atoms with van der Waals surface area (Å²) in [6, 6.07) is 0. The van der Waals surface area contributed by atoms with Gasteiger partial charge in [0.05, 0.1) is 12.3 Å². The summed E-state index contributed by atoms with van der Waals surface area (Å²) in [7, 11) is 0. The van der Waals surface area contributed by atoms with Crippen molar-refractivity contribution < 1.29 is 19.4 Å². The highest BCUT2D eigenvalue weighted by atomic mass is 32.2. The van der Waals surface area contributed by atoms with Crippen molar-refractivity contribution in [2.45, 2.75) is 43.2 Å². The van der Waals surface area contributed by atoms with Crippen molar-refractivity contribution >= 4 is 35.0 Å². The molecule has 1 atom stereocenters. The van der Waals surface area contributed by atoms with Gasteiger partial charge < -0.3 is 9.84 Å². The minimum absolute atomic E-state index is 0.224. The molecule has 1 N–H and O–H groups in total. The number of aryl methyl sites for hydroxylation is 1. The van der Waals surface area contributed by atoms with Gasteiger partial charge >= 0.3 is 11.9 Å². The second-order valence-corrected chi connectivity index (χ2v) is 6.30. The predicted octanol–water partition coefficient (Wildman–Crippen LogP) is 2.97. The summed E-state index contributed by atoms with van der Waals surface area (Å²) in [4.78, 5) is 27.1.